The Morgan fingerprint density at radius 1 is 0.462 bits per heavy atom. The zero-order valence-corrected chi connectivity index (χ0v) is 30.4. The number of aryl methyl sites for hydroxylation is 4. The molecule has 3 heterocycles. The number of benzene rings is 4. The second-order valence-electron chi connectivity index (χ2n) is 14.3. The van der Waals surface area contributed by atoms with Crippen molar-refractivity contribution < 1.29 is 15.0 Å². The minimum absolute atomic E-state index is 0.209. The Morgan fingerprint density at radius 3 is 1.17 bits per heavy atom. The molecule has 2 N–H and O–H groups in total. The van der Waals surface area contributed by atoms with E-state index in [9.17, 15) is 10.2 Å². The van der Waals surface area contributed by atoms with Gasteiger partial charge in [0.15, 0.2) is 0 Å². The lowest BCUT2D eigenvalue weighted by Crippen LogP contribution is -2.50. The molecule has 1 saturated heterocycles. The number of nitrogens with zero attached hydrogens (tertiary/aromatic N) is 4. The maximum atomic E-state index is 15.2. The lowest BCUT2D eigenvalue weighted by molar-refractivity contribution is -0.0408. The van der Waals surface area contributed by atoms with E-state index >= 15 is 4.79 Å². The molecule has 0 spiro atoms. The fraction of sp³-hybridized carbons (Fsp3) is 0.267. The van der Waals surface area contributed by atoms with Gasteiger partial charge < -0.3 is 29.1 Å². The number of carbonyl (C=O) groups is 1. The lowest BCUT2D eigenvalue weighted by Gasteiger charge is -2.36. The van der Waals surface area contributed by atoms with Gasteiger partial charge in [-0.25, -0.2) is 4.79 Å². The second-order valence-corrected chi connectivity index (χ2v) is 14.3. The predicted octanol–water partition coefficient (Wildman–Crippen LogP) is 7.88. The summed E-state index contributed by atoms with van der Waals surface area (Å²) in [5.74, 6) is 0. The van der Waals surface area contributed by atoms with Gasteiger partial charge in [-0.3, -0.25) is 0 Å². The number of hydrogen-bond acceptors (Lipinski definition) is 3. The Morgan fingerprint density at radius 2 is 0.808 bits per heavy atom. The molecule has 0 aliphatic carbocycles. The first-order valence-electron chi connectivity index (χ1n) is 18.2. The molecule has 266 valence electrons. The largest absolute Gasteiger partial charge is 0.388 e. The van der Waals surface area contributed by atoms with Crippen LogP contribution in [0.3, 0.4) is 0 Å². The topological polar surface area (TPSA) is 73.9 Å². The first kappa shape index (κ1) is 35.1. The van der Waals surface area contributed by atoms with Crippen molar-refractivity contribution in [2.75, 3.05) is 0 Å². The van der Waals surface area contributed by atoms with E-state index < -0.39 is 24.3 Å². The SMILES string of the molecule is Cc1ccc(C)n1-c1cccc(C[C@@H]2[C@H](O)[C@@H](O)[C@@H](Cc3cccc(-n4c(C)ccc4C)c3)N(Cc3ccccc3)C(=O)N2Cc2ccccc2)c1. The lowest BCUT2D eigenvalue weighted by atomic mass is 9.90. The van der Waals surface area contributed by atoms with E-state index in [1.54, 1.807) is 9.80 Å². The Bertz CT molecular complexity index is 1950. The number of aliphatic hydroxyl groups excluding tert-OH is 2. The molecule has 0 saturated carbocycles. The normalized spacial score (nSPS) is 19.2. The maximum absolute atomic E-state index is 15.2. The first-order valence-corrected chi connectivity index (χ1v) is 18.2. The fourth-order valence-electron chi connectivity index (χ4n) is 7.94. The summed E-state index contributed by atoms with van der Waals surface area (Å²) >= 11 is 0. The van der Waals surface area contributed by atoms with Gasteiger partial charge in [0, 0.05) is 47.2 Å². The third-order valence-corrected chi connectivity index (χ3v) is 10.6. The van der Waals surface area contributed by atoms with E-state index in [2.05, 4.69) is 85.4 Å². The highest BCUT2D eigenvalue weighted by Crippen LogP contribution is 2.31. The molecule has 7 heteroatoms. The summed E-state index contributed by atoms with van der Waals surface area (Å²) in [7, 11) is 0. The Labute approximate surface area is 307 Å². The molecular weight excluding hydrogens is 645 g/mol. The van der Waals surface area contributed by atoms with Crippen molar-refractivity contribution in [3.63, 3.8) is 0 Å². The van der Waals surface area contributed by atoms with Crippen LogP contribution in [0.15, 0.2) is 133 Å². The molecule has 0 bridgehead atoms. The maximum Gasteiger partial charge on any atom is 0.321 e. The summed E-state index contributed by atoms with van der Waals surface area (Å²) in [6, 6.07) is 43.2. The van der Waals surface area contributed by atoms with Crippen LogP contribution in [0.5, 0.6) is 0 Å². The number of amides is 2. The number of carbonyl (C=O) groups excluding carboxylic acids is 1. The van der Waals surface area contributed by atoms with Gasteiger partial charge >= 0.3 is 6.03 Å². The molecule has 7 nitrogen and oxygen atoms in total. The van der Waals surface area contributed by atoms with Crippen molar-refractivity contribution in [3.05, 3.63) is 178 Å². The minimum atomic E-state index is -1.21. The number of rotatable bonds is 10. The molecule has 1 aliphatic heterocycles. The first-order chi connectivity index (χ1) is 25.2. The number of urea groups is 1. The van der Waals surface area contributed by atoms with E-state index in [0.29, 0.717) is 25.9 Å². The minimum Gasteiger partial charge on any atom is -0.388 e. The summed E-state index contributed by atoms with van der Waals surface area (Å²) in [6.07, 6.45) is -1.68. The van der Waals surface area contributed by atoms with Crippen molar-refractivity contribution in [2.24, 2.45) is 0 Å². The number of aliphatic hydroxyl groups is 2. The highest BCUT2D eigenvalue weighted by Gasteiger charge is 2.46. The van der Waals surface area contributed by atoms with Gasteiger partial charge in [-0.05, 0) is 111 Å². The smallest absolute Gasteiger partial charge is 0.321 e. The van der Waals surface area contributed by atoms with Gasteiger partial charge in [0.05, 0.1) is 12.1 Å². The zero-order valence-electron chi connectivity index (χ0n) is 30.4. The fourth-order valence-corrected chi connectivity index (χ4v) is 7.94. The highest BCUT2D eigenvalue weighted by atomic mass is 16.3. The molecule has 6 aromatic rings. The van der Waals surface area contributed by atoms with Crippen molar-refractivity contribution >= 4 is 6.03 Å². The summed E-state index contributed by atoms with van der Waals surface area (Å²) in [5, 5.41) is 24.6. The summed E-state index contributed by atoms with van der Waals surface area (Å²) in [4.78, 5) is 18.7. The van der Waals surface area contributed by atoms with Crippen LogP contribution in [0.25, 0.3) is 11.4 Å². The Kier molecular flexibility index (Phi) is 10.2. The standard InChI is InChI=1S/C45H48N4O3/c1-31-21-22-32(2)48(31)39-19-11-17-37(25-39)27-41-43(50)44(51)42(28-38-18-12-20-40(26-38)49-33(3)23-24-34(49)4)47(30-36-15-9-6-10-16-36)45(52)46(41)29-35-13-7-5-8-14-35/h5-26,41-44,50-51H,27-30H2,1-4H3/t41-,42-,43+,44+/m1/s1. The summed E-state index contributed by atoms with van der Waals surface area (Å²) in [5.41, 5.74) is 10.4. The predicted molar refractivity (Wildman–Crippen MR) is 207 cm³/mol. The van der Waals surface area contributed by atoms with Crippen LogP contribution < -0.4 is 0 Å². The van der Waals surface area contributed by atoms with Crippen LogP contribution in [-0.2, 0) is 25.9 Å². The third-order valence-electron chi connectivity index (χ3n) is 10.6. The van der Waals surface area contributed by atoms with E-state index in [1.807, 2.05) is 84.9 Å². The van der Waals surface area contributed by atoms with Gasteiger partial charge in [-0.15, -0.1) is 0 Å². The quantitative estimate of drug-likeness (QED) is 0.154. The van der Waals surface area contributed by atoms with Gasteiger partial charge in [-0.2, -0.15) is 0 Å². The van der Waals surface area contributed by atoms with Crippen molar-refractivity contribution in [1.82, 2.24) is 18.9 Å². The van der Waals surface area contributed by atoms with Crippen LogP contribution in [0.2, 0.25) is 0 Å². The highest BCUT2D eigenvalue weighted by molar-refractivity contribution is 5.76. The van der Waals surface area contributed by atoms with E-state index in [1.165, 1.54) is 0 Å². The average Bonchev–Trinajstić information content (AvgIpc) is 3.67. The Balaban J connectivity index is 1.30. The molecule has 4 aromatic carbocycles. The van der Waals surface area contributed by atoms with Crippen LogP contribution >= 0.6 is 0 Å². The number of aromatic nitrogens is 2. The van der Waals surface area contributed by atoms with Crippen LogP contribution in [0.1, 0.15) is 45.0 Å². The zero-order chi connectivity index (χ0) is 36.4. The van der Waals surface area contributed by atoms with E-state index in [0.717, 1.165) is 56.4 Å². The molecule has 0 radical (unpaired) electrons. The molecule has 2 aromatic heterocycles. The van der Waals surface area contributed by atoms with Gasteiger partial charge in [0.25, 0.3) is 0 Å². The summed E-state index contributed by atoms with van der Waals surface area (Å²) in [6.45, 7) is 8.94. The molecule has 1 aliphatic rings. The van der Waals surface area contributed by atoms with Crippen molar-refractivity contribution in [2.45, 2.75) is 77.9 Å². The monoisotopic (exact) mass is 692 g/mol. The molecule has 0 unspecified atom stereocenters. The average molecular weight is 693 g/mol. The third kappa shape index (κ3) is 7.20. The van der Waals surface area contributed by atoms with Gasteiger partial charge in [0.1, 0.15) is 12.2 Å². The molecule has 4 atom stereocenters. The van der Waals surface area contributed by atoms with Crippen molar-refractivity contribution in [3.8, 4) is 11.4 Å². The summed E-state index contributed by atoms with van der Waals surface area (Å²) < 4.78 is 4.41. The van der Waals surface area contributed by atoms with Crippen LogP contribution in [-0.4, -0.2) is 59.5 Å². The van der Waals surface area contributed by atoms with Crippen LogP contribution in [0.4, 0.5) is 4.79 Å². The van der Waals surface area contributed by atoms with Gasteiger partial charge in [0.2, 0.25) is 0 Å². The molecule has 2 amide bonds. The van der Waals surface area contributed by atoms with Crippen LogP contribution in [0, 0.1) is 27.7 Å². The molecular formula is C45H48N4O3. The molecule has 1 fully saturated rings. The van der Waals surface area contributed by atoms with E-state index in [-0.39, 0.29) is 6.03 Å². The molecule has 7 rings (SSSR count). The second kappa shape index (κ2) is 15.1. The van der Waals surface area contributed by atoms with Gasteiger partial charge in [-0.1, -0.05) is 84.9 Å². The van der Waals surface area contributed by atoms with E-state index in [4.69, 9.17) is 0 Å². The number of hydrogen-bond donors (Lipinski definition) is 2. The Hall–Kier alpha value is -5.37. The van der Waals surface area contributed by atoms with Crippen molar-refractivity contribution in [1.29, 1.82) is 0 Å². The molecule has 52 heavy (non-hydrogen) atoms.